The number of imidazole rings is 3. The molecule has 0 N–H and O–H groups in total. The Hall–Kier alpha value is -5.47. The second-order valence-corrected chi connectivity index (χ2v) is 13.5. The van der Waals surface area contributed by atoms with E-state index < -0.39 is 12.0 Å². The third-order valence-electron chi connectivity index (χ3n) is 8.98. The fourth-order valence-electron chi connectivity index (χ4n) is 6.58. The van der Waals surface area contributed by atoms with E-state index in [0.29, 0.717) is 71.1 Å². The fraction of sp³-hybridized carbons (Fsp3) is 0.382. The van der Waals surface area contributed by atoms with Gasteiger partial charge in [0.2, 0.25) is 0 Å². The van der Waals surface area contributed by atoms with Crippen molar-refractivity contribution in [1.29, 1.82) is 0 Å². The Morgan fingerprint density at radius 2 is 1.67 bits per heavy atom. The highest BCUT2D eigenvalue weighted by Gasteiger charge is 2.29. The fourth-order valence-corrected chi connectivity index (χ4v) is 6.58. The van der Waals surface area contributed by atoms with Gasteiger partial charge in [0.25, 0.3) is 6.43 Å². The lowest BCUT2D eigenvalue weighted by Crippen LogP contribution is -2.50. The van der Waals surface area contributed by atoms with Crippen LogP contribution in [-0.4, -0.2) is 80.8 Å². The Bertz CT molecular complexity index is 2290. The minimum Gasteiger partial charge on any atom is -0.444 e. The van der Waals surface area contributed by atoms with Gasteiger partial charge in [0.1, 0.15) is 11.3 Å². The maximum absolute atomic E-state index is 14.8. The highest BCUT2D eigenvalue weighted by molar-refractivity contribution is 5.94. The molecule has 1 saturated heterocycles. The number of aryl methyl sites for hydroxylation is 4. The molecule has 0 spiro atoms. The summed E-state index contributed by atoms with van der Waals surface area (Å²) >= 11 is 0. The Balaban J connectivity index is 1.43. The minimum atomic E-state index is -2.77. The number of hydrogen-bond donors (Lipinski definition) is 0. The molecule has 15 heteroatoms. The number of alkyl halides is 2. The highest BCUT2D eigenvalue weighted by atomic mass is 19.3. The Kier molecular flexibility index (Phi) is 7.60. The standard InChI is InChI=1S/C34H38F2N10O3/c1-34(2,3)49-33(48)45-10-8-44(9-11-45)27-13-21(12-26-29(27)43(7)32(47)42(26)6)46-25-15-23(30(35)36)22(20-16-38-41(5)18-20)14-24(25)39-31(46)28-17-37-19-40(28)4/h12-19,30H,8-11H2,1-7H3. The van der Waals surface area contributed by atoms with Gasteiger partial charge in [0.05, 0.1) is 52.2 Å². The Morgan fingerprint density at radius 3 is 2.29 bits per heavy atom. The van der Waals surface area contributed by atoms with Gasteiger partial charge in [-0.15, -0.1) is 0 Å². The van der Waals surface area contributed by atoms with Crippen molar-refractivity contribution in [3.63, 3.8) is 0 Å². The number of rotatable bonds is 5. The lowest BCUT2D eigenvalue weighted by molar-refractivity contribution is 0.0240. The first kappa shape index (κ1) is 32.1. The van der Waals surface area contributed by atoms with E-state index in [1.54, 1.807) is 70.8 Å². The number of carbonyl (C=O) groups excluding carboxylic acids is 1. The molecule has 0 unspecified atom stereocenters. The summed E-state index contributed by atoms with van der Waals surface area (Å²) < 4.78 is 43.6. The van der Waals surface area contributed by atoms with E-state index in [1.165, 1.54) is 6.07 Å². The van der Waals surface area contributed by atoms with Crippen molar-refractivity contribution in [2.24, 2.45) is 28.2 Å². The van der Waals surface area contributed by atoms with Crippen molar-refractivity contribution in [2.45, 2.75) is 32.8 Å². The molecular formula is C34H38F2N10O3. The SMILES string of the molecule is Cn1cc(-c2cc3nc(-c4cncn4C)n(-c4cc(N5CCN(C(=O)OC(C)(C)C)CC5)c5c(c4)n(C)c(=O)n5C)c3cc2C(F)F)cn1. The van der Waals surface area contributed by atoms with Crippen molar-refractivity contribution < 1.29 is 18.3 Å². The van der Waals surface area contributed by atoms with Gasteiger partial charge in [-0.1, -0.05) is 0 Å². The summed E-state index contributed by atoms with van der Waals surface area (Å²) in [6.45, 7) is 7.33. The quantitative estimate of drug-likeness (QED) is 0.253. The molecular weight excluding hydrogens is 634 g/mol. The van der Waals surface area contributed by atoms with Gasteiger partial charge in [-0.3, -0.25) is 18.4 Å². The van der Waals surface area contributed by atoms with Gasteiger partial charge < -0.3 is 19.1 Å². The number of halogens is 2. The molecule has 0 saturated carbocycles. The zero-order valence-electron chi connectivity index (χ0n) is 28.5. The molecule has 5 heterocycles. The topological polar surface area (TPSA) is 113 Å². The molecule has 256 valence electrons. The number of aromatic nitrogens is 8. The summed E-state index contributed by atoms with van der Waals surface area (Å²) in [5.41, 5.74) is 4.39. The van der Waals surface area contributed by atoms with Crippen molar-refractivity contribution >= 4 is 33.8 Å². The largest absolute Gasteiger partial charge is 0.444 e. The van der Waals surface area contributed by atoms with Gasteiger partial charge >= 0.3 is 11.8 Å². The van der Waals surface area contributed by atoms with Crippen LogP contribution in [0.4, 0.5) is 19.3 Å². The summed E-state index contributed by atoms with van der Waals surface area (Å²) in [4.78, 5) is 39.3. The maximum atomic E-state index is 14.8. The summed E-state index contributed by atoms with van der Waals surface area (Å²) in [7, 11) is 7.02. The third-order valence-corrected chi connectivity index (χ3v) is 8.98. The number of carbonyl (C=O) groups is 1. The maximum Gasteiger partial charge on any atom is 0.410 e. The number of benzene rings is 2. The van der Waals surface area contributed by atoms with Gasteiger partial charge in [0, 0.05) is 71.7 Å². The second-order valence-electron chi connectivity index (χ2n) is 13.5. The van der Waals surface area contributed by atoms with E-state index >= 15 is 0 Å². The zero-order chi connectivity index (χ0) is 34.9. The summed E-state index contributed by atoms with van der Waals surface area (Å²) in [5.74, 6) is 0.500. The number of anilines is 1. The van der Waals surface area contributed by atoms with E-state index in [2.05, 4.69) is 15.0 Å². The molecule has 0 radical (unpaired) electrons. The first-order chi connectivity index (χ1) is 23.2. The number of nitrogens with zero attached hydrogens (tertiary/aromatic N) is 10. The van der Waals surface area contributed by atoms with Crippen LogP contribution in [0, 0.1) is 0 Å². The molecule has 7 rings (SSSR count). The summed E-state index contributed by atoms with van der Waals surface area (Å²) in [5, 5.41) is 4.20. The van der Waals surface area contributed by atoms with E-state index in [1.807, 2.05) is 49.1 Å². The van der Waals surface area contributed by atoms with Crippen molar-refractivity contribution in [2.75, 3.05) is 31.1 Å². The van der Waals surface area contributed by atoms with Crippen LogP contribution in [0.2, 0.25) is 0 Å². The minimum absolute atomic E-state index is 0.148. The van der Waals surface area contributed by atoms with Crippen molar-refractivity contribution in [3.8, 4) is 28.3 Å². The Labute approximate surface area is 280 Å². The molecule has 49 heavy (non-hydrogen) atoms. The van der Waals surface area contributed by atoms with Gasteiger partial charge in [-0.25, -0.2) is 28.3 Å². The molecule has 1 amide bonds. The van der Waals surface area contributed by atoms with Crippen LogP contribution in [0.25, 0.3) is 50.4 Å². The van der Waals surface area contributed by atoms with Crippen molar-refractivity contribution in [1.82, 2.24) is 42.9 Å². The first-order valence-corrected chi connectivity index (χ1v) is 15.9. The predicted molar refractivity (Wildman–Crippen MR) is 182 cm³/mol. The normalized spacial score (nSPS) is 14.2. The monoisotopic (exact) mass is 672 g/mol. The average molecular weight is 673 g/mol. The molecule has 0 bridgehead atoms. The van der Waals surface area contributed by atoms with Crippen LogP contribution in [-0.2, 0) is 32.9 Å². The molecule has 0 aliphatic carbocycles. The second kappa shape index (κ2) is 11.6. The summed E-state index contributed by atoms with van der Waals surface area (Å²) in [6.07, 6.45) is 3.46. The average Bonchev–Trinajstić information content (AvgIpc) is 3.82. The molecule has 0 atom stereocenters. The van der Waals surface area contributed by atoms with Gasteiger partial charge in [0.15, 0.2) is 5.82 Å². The van der Waals surface area contributed by atoms with Gasteiger partial charge in [-0.05, 0) is 50.6 Å². The zero-order valence-corrected chi connectivity index (χ0v) is 28.5. The van der Waals surface area contributed by atoms with Crippen LogP contribution >= 0.6 is 0 Å². The molecule has 1 aliphatic heterocycles. The smallest absolute Gasteiger partial charge is 0.410 e. The van der Waals surface area contributed by atoms with E-state index in [4.69, 9.17) is 9.72 Å². The van der Waals surface area contributed by atoms with Crippen LogP contribution < -0.4 is 10.6 Å². The van der Waals surface area contributed by atoms with Crippen LogP contribution in [0.1, 0.15) is 32.8 Å². The van der Waals surface area contributed by atoms with Crippen LogP contribution in [0.3, 0.4) is 0 Å². The molecule has 2 aromatic carbocycles. The molecule has 6 aromatic rings. The van der Waals surface area contributed by atoms with E-state index in [9.17, 15) is 18.4 Å². The first-order valence-electron chi connectivity index (χ1n) is 15.9. The Morgan fingerprint density at radius 1 is 0.939 bits per heavy atom. The molecule has 13 nitrogen and oxygen atoms in total. The lowest BCUT2D eigenvalue weighted by Gasteiger charge is -2.37. The predicted octanol–water partition coefficient (Wildman–Crippen LogP) is 5.01. The molecule has 1 aliphatic rings. The third kappa shape index (κ3) is 5.52. The lowest BCUT2D eigenvalue weighted by atomic mass is 10.0. The van der Waals surface area contributed by atoms with Crippen molar-refractivity contribution in [3.05, 3.63) is 65.2 Å². The number of ether oxygens (including phenoxy) is 1. The van der Waals surface area contributed by atoms with E-state index in [-0.39, 0.29) is 17.3 Å². The number of fused-ring (bicyclic) bond motifs is 2. The summed E-state index contributed by atoms with van der Waals surface area (Å²) in [6, 6.07) is 7.01. The number of hydrogen-bond acceptors (Lipinski definition) is 7. The van der Waals surface area contributed by atoms with Crippen LogP contribution in [0.15, 0.2) is 54.0 Å². The number of piperazine rings is 1. The van der Waals surface area contributed by atoms with Crippen LogP contribution in [0.5, 0.6) is 0 Å². The molecule has 1 fully saturated rings. The van der Waals surface area contributed by atoms with Gasteiger partial charge in [-0.2, -0.15) is 5.10 Å². The highest BCUT2D eigenvalue weighted by Crippen LogP contribution is 2.39. The van der Waals surface area contributed by atoms with E-state index in [0.717, 1.165) is 11.2 Å². The number of amides is 1. The molecule has 4 aromatic heterocycles.